The van der Waals surface area contributed by atoms with Crippen molar-refractivity contribution in [3.8, 4) is 11.3 Å². The summed E-state index contributed by atoms with van der Waals surface area (Å²) >= 11 is 0. The quantitative estimate of drug-likeness (QED) is 0.349. The summed E-state index contributed by atoms with van der Waals surface area (Å²) < 4.78 is 24.9. The van der Waals surface area contributed by atoms with E-state index in [4.69, 9.17) is 4.11 Å². The van der Waals surface area contributed by atoms with Crippen LogP contribution in [0.15, 0.2) is 79.0 Å². The van der Waals surface area contributed by atoms with Crippen molar-refractivity contribution in [3.63, 3.8) is 0 Å². The van der Waals surface area contributed by atoms with Crippen LogP contribution in [0.4, 0.5) is 0 Å². The van der Waals surface area contributed by atoms with E-state index in [0.717, 1.165) is 11.3 Å². The zero-order valence-corrected chi connectivity index (χ0v) is 13.9. The molecule has 0 atom stereocenters. The van der Waals surface area contributed by atoms with Crippen molar-refractivity contribution in [3.05, 3.63) is 84.6 Å². The largest absolute Gasteiger partial charge is 0.308 e. The zero-order chi connectivity index (χ0) is 19.8. The number of nitrogens with zero attached hydrogens (tertiary/aromatic N) is 2. The van der Waals surface area contributed by atoms with Crippen molar-refractivity contribution < 1.29 is 4.11 Å². The summed E-state index contributed by atoms with van der Waals surface area (Å²) in [6.45, 7) is -2.14. The molecule has 0 fully saturated rings. The number of aromatic nitrogens is 2. The third-order valence-corrected chi connectivity index (χ3v) is 5.28. The SMILES string of the molecule is [2H]C([2H])([2H])c1ccc(-c2ccc3c(c2)c2cccc4c5ccccc5n3c42)nc1. The van der Waals surface area contributed by atoms with Crippen LogP contribution in [0, 0.1) is 6.85 Å². The van der Waals surface area contributed by atoms with E-state index in [1.807, 2.05) is 0 Å². The lowest BCUT2D eigenvalue weighted by Gasteiger charge is -2.03. The lowest BCUT2D eigenvalue weighted by atomic mass is 10.0. The molecule has 0 unspecified atom stereocenters. The Kier molecular flexibility index (Phi) is 2.09. The molecule has 0 aliphatic carbocycles. The minimum absolute atomic E-state index is 0.259. The maximum Gasteiger partial charge on any atom is 0.0702 e. The molecule has 0 aliphatic rings. The van der Waals surface area contributed by atoms with Gasteiger partial charge in [0.25, 0.3) is 0 Å². The molecule has 122 valence electrons. The highest BCUT2D eigenvalue weighted by Gasteiger charge is 2.17. The molecule has 3 heterocycles. The summed E-state index contributed by atoms with van der Waals surface area (Å²) in [5, 5.41) is 4.92. The molecular formula is C24H16N2. The van der Waals surface area contributed by atoms with E-state index in [1.165, 1.54) is 44.3 Å². The molecule has 2 heteroatoms. The van der Waals surface area contributed by atoms with Gasteiger partial charge in [0.1, 0.15) is 0 Å². The monoisotopic (exact) mass is 335 g/mol. The van der Waals surface area contributed by atoms with Gasteiger partial charge in [-0.25, -0.2) is 0 Å². The van der Waals surface area contributed by atoms with Crippen molar-refractivity contribution in [2.45, 2.75) is 6.85 Å². The number of para-hydroxylation sites is 2. The normalized spacial score (nSPS) is 14.2. The first-order valence-corrected chi connectivity index (χ1v) is 8.66. The van der Waals surface area contributed by atoms with Crippen LogP contribution >= 0.6 is 0 Å². The molecule has 0 radical (unpaired) electrons. The summed E-state index contributed by atoms with van der Waals surface area (Å²) in [7, 11) is 0. The summed E-state index contributed by atoms with van der Waals surface area (Å²) in [6.07, 6.45) is 1.45. The Hall–Kier alpha value is -3.39. The van der Waals surface area contributed by atoms with Gasteiger partial charge in [0.15, 0.2) is 0 Å². The second-order valence-corrected chi connectivity index (χ2v) is 6.72. The number of hydrogen-bond donors (Lipinski definition) is 0. The molecule has 0 spiro atoms. The molecular weight excluding hydrogens is 316 g/mol. The number of aryl methyl sites for hydroxylation is 1. The fraction of sp³-hybridized carbons (Fsp3) is 0.0417. The summed E-state index contributed by atoms with van der Waals surface area (Å²) in [4.78, 5) is 4.41. The first-order chi connectivity index (χ1) is 14.0. The number of hydrogen-bond acceptors (Lipinski definition) is 1. The Balaban J connectivity index is 1.63. The molecule has 0 saturated carbocycles. The van der Waals surface area contributed by atoms with E-state index in [0.29, 0.717) is 0 Å². The second-order valence-electron chi connectivity index (χ2n) is 6.72. The number of benzene rings is 3. The minimum Gasteiger partial charge on any atom is -0.308 e. The summed E-state index contributed by atoms with van der Waals surface area (Å²) in [5.74, 6) is 0. The van der Waals surface area contributed by atoms with E-state index in [9.17, 15) is 0 Å². The smallest absolute Gasteiger partial charge is 0.0702 e. The zero-order valence-electron chi connectivity index (χ0n) is 16.9. The third kappa shape index (κ3) is 1.68. The Morgan fingerprint density at radius 2 is 1.58 bits per heavy atom. The highest BCUT2D eigenvalue weighted by atomic mass is 14.9. The van der Waals surface area contributed by atoms with Crippen molar-refractivity contribution in [1.29, 1.82) is 0 Å². The molecule has 0 N–H and O–H groups in total. The van der Waals surface area contributed by atoms with Crippen LogP contribution in [-0.4, -0.2) is 9.38 Å². The van der Waals surface area contributed by atoms with E-state index in [1.54, 1.807) is 12.1 Å². The van der Waals surface area contributed by atoms with Crippen LogP contribution < -0.4 is 0 Å². The van der Waals surface area contributed by atoms with Crippen molar-refractivity contribution >= 4 is 38.1 Å². The average Bonchev–Trinajstić information content (AvgIpc) is 3.25. The van der Waals surface area contributed by atoms with Crippen LogP contribution in [0.1, 0.15) is 9.68 Å². The number of rotatable bonds is 1. The Morgan fingerprint density at radius 1 is 0.769 bits per heavy atom. The van der Waals surface area contributed by atoms with Gasteiger partial charge < -0.3 is 4.40 Å². The highest BCUT2D eigenvalue weighted by Crippen LogP contribution is 2.39. The lowest BCUT2D eigenvalue weighted by molar-refractivity contribution is 1.27. The Bertz CT molecular complexity index is 1530. The van der Waals surface area contributed by atoms with E-state index >= 15 is 0 Å². The molecule has 0 bridgehead atoms. The third-order valence-electron chi connectivity index (χ3n) is 5.28. The Labute approximate surface area is 154 Å². The standard InChI is InChI=1S/C24H16N2/c1-15-9-11-21(25-14-15)16-10-12-23-20(13-16)19-7-4-6-18-17-5-2-3-8-22(17)26(23)24(18)19/h2-14H,1H3/i1D3. The first-order valence-electron chi connectivity index (χ1n) is 10.2. The van der Waals surface area contributed by atoms with Gasteiger partial charge in [-0.1, -0.05) is 48.5 Å². The number of fused-ring (bicyclic) bond motifs is 6. The molecule has 6 aromatic rings. The van der Waals surface area contributed by atoms with Crippen LogP contribution in [0.25, 0.3) is 49.4 Å². The molecule has 0 aliphatic heterocycles. The minimum atomic E-state index is -2.14. The van der Waals surface area contributed by atoms with Gasteiger partial charge in [-0.3, -0.25) is 4.98 Å². The van der Waals surface area contributed by atoms with Crippen molar-refractivity contribution in [1.82, 2.24) is 9.38 Å². The van der Waals surface area contributed by atoms with Crippen LogP contribution in [0.2, 0.25) is 0 Å². The summed E-state index contributed by atoms with van der Waals surface area (Å²) in [5.41, 5.74) is 5.63. The molecule has 0 amide bonds. The van der Waals surface area contributed by atoms with Gasteiger partial charge in [-0.2, -0.15) is 0 Å². The fourth-order valence-corrected chi connectivity index (χ4v) is 4.16. The van der Waals surface area contributed by atoms with E-state index in [-0.39, 0.29) is 5.56 Å². The fourth-order valence-electron chi connectivity index (χ4n) is 4.16. The summed E-state index contributed by atoms with van der Waals surface area (Å²) in [6, 6.07) is 24.7. The first kappa shape index (κ1) is 11.3. The van der Waals surface area contributed by atoms with Crippen LogP contribution in [0.5, 0.6) is 0 Å². The molecule has 6 rings (SSSR count). The molecule has 3 aromatic heterocycles. The highest BCUT2D eigenvalue weighted by molar-refractivity contribution is 6.23. The van der Waals surface area contributed by atoms with E-state index in [2.05, 4.69) is 70.0 Å². The van der Waals surface area contributed by atoms with Crippen molar-refractivity contribution in [2.24, 2.45) is 0 Å². The second kappa shape index (κ2) is 4.83. The predicted molar refractivity (Wildman–Crippen MR) is 109 cm³/mol. The van der Waals surface area contributed by atoms with Crippen LogP contribution in [-0.2, 0) is 0 Å². The molecule has 0 saturated heterocycles. The Morgan fingerprint density at radius 3 is 2.42 bits per heavy atom. The maximum atomic E-state index is 7.53. The van der Waals surface area contributed by atoms with Gasteiger partial charge in [-0.05, 0) is 36.7 Å². The molecule has 3 aromatic carbocycles. The average molecular weight is 335 g/mol. The van der Waals surface area contributed by atoms with Crippen molar-refractivity contribution in [2.75, 3.05) is 0 Å². The predicted octanol–water partition coefficient (Wildman–Crippen LogP) is 6.21. The van der Waals surface area contributed by atoms with Gasteiger partial charge >= 0.3 is 0 Å². The van der Waals surface area contributed by atoms with Gasteiger partial charge in [0, 0.05) is 37.4 Å². The lowest BCUT2D eigenvalue weighted by Crippen LogP contribution is -1.85. The van der Waals surface area contributed by atoms with Gasteiger partial charge in [0.2, 0.25) is 0 Å². The van der Waals surface area contributed by atoms with Crippen LogP contribution in [0.3, 0.4) is 0 Å². The maximum absolute atomic E-state index is 7.53. The van der Waals surface area contributed by atoms with E-state index < -0.39 is 6.85 Å². The van der Waals surface area contributed by atoms with Gasteiger partial charge in [-0.15, -0.1) is 0 Å². The molecule has 2 nitrogen and oxygen atoms in total. The topological polar surface area (TPSA) is 17.3 Å². The van der Waals surface area contributed by atoms with Gasteiger partial charge in [0.05, 0.1) is 22.2 Å². The number of pyridine rings is 1. The molecule has 26 heavy (non-hydrogen) atoms.